The number of likely N-dealkylation sites (N-methyl/N-ethyl adjacent to an activating group) is 2. The lowest BCUT2D eigenvalue weighted by Gasteiger charge is -2.41. The van der Waals surface area contributed by atoms with Crippen molar-refractivity contribution in [2.45, 2.75) is 221 Å². The van der Waals surface area contributed by atoms with Crippen LogP contribution in [-0.2, 0) is 88.0 Å². The number of hydrogen-bond donors (Lipinski definition) is 5. The van der Waals surface area contributed by atoms with Crippen LogP contribution in [0.4, 0.5) is 15.3 Å². The second-order valence-electron chi connectivity index (χ2n) is 30.2. The van der Waals surface area contributed by atoms with Crippen molar-refractivity contribution in [2.24, 2.45) is 53.1 Å². The molecule has 106 heavy (non-hydrogen) atoms. The first kappa shape index (κ1) is 88.2. The molecule has 2 unspecified atom stereocenters. The molecule has 12 atom stereocenters. The Kier molecular flexibility index (Phi) is 36.1. The number of primary amides is 1. The van der Waals surface area contributed by atoms with Gasteiger partial charge in [-0.1, -0.05) is 149 Å². The van der Waals surface area contributed by atoms with Gasteiger partial charge in [-0.25, -0.2) is 14.4 Å². The molecule has 2 fully saturated rings. The van der Waals surface area contributed by atoms with Gasteiger partial charge in [-0.15, -0.1) is 0 Å². The van der Waals surface area contributed by atoms with E-state index < -0.39 is 90.1 Å². The van der Waals surface area contributed by atoms with Gasteiger partial charge in [-0.05, 0) is 110 Å². The Labute approximate surface area is 627 Å². The maximum absolute atomic E-state index is 14.9. The molecule has 0 aliphatic carbocycles. The van der Waals surface area contributed by atoms with Crippen molar-refractivity contribution in [3.05, 3.63) is 101 Å². The van der Waals surface area contributed by atoms with E-state index in [9.17, 15) is 62.6 Å². The third kappa shape index (κ3) is 26.2. The summed E-state index contributed by atoms with van der Waals surface area (Å²) in [5.41, 5.74) is 8.91. The number of hydrogen-bond acceptors (Lipinski definition) is 16. The summed E-state index contributed by atoms with van der Waals surface area (Å²) < 4.78 is 17.8. The zero-order valence-electron chi connectivity index (χ0n) is 65.4. The maximum atomic E-state index is 14.9. The first-order chi connectivity index (χ1) is 50.2. The van der Waals surface area contributed by atoms with Crippen LogP contribution in [0.5, 0.6) is 0 Å². The number of aliphatic carboxylic acids is 1. The SMILES string of the molecule is CC[C@H](C)C([C@@H](CC(=O)N1CCC[C@H]1[C@H](OC)[C@@H](C)C(=O)N[C@@H](Cc1ccccc1)C(=O)O)OC)N(C)C(=O)[C@@H](CC(=O)[C@H](C(C)C)N(C)CCc1ccc(N(C)C(=O)OCc2ccc(CC(=O)[C@H](CCCNC(N)=O)NC(=O)[C@@H](CC(=O)CCCCCN3C(=O)CC(C)C3=O)C(C)C)cc2)cc1)C(C)C. The van der Waals surface area contributed by atoms with Crippen molar-refractivity contribution in [1.29, 1.82) is 0 Å². The van der Waals surface area contributed by atoms with E-state index in [0.29, 0.717) is 87.8 Å². The molecule has 0 aromatic heterocycles. The summed E-state index contributed by atoms with van der Waals surface area (Å²) in [6, 6.07) is 19.2. The summed E-state index contributed by atoms with van der Waals surface area (Å²) in [6.45, 7) is 20.4. The smallest absolute Gasteiger partial charge is 0.414 e. The van der Waals surface area contributed by atoms with Gasteiger partial charge in [0.05, 0.1) is 48.7 Å². The van der Waals surface area contributed by atoms with E-state index in [4.69, 9.17) is 19.9 Å². The number of benzene rings is 3. The number of anilines is 1. The summed E-state index contributed by atoms with van der Waals surface area (Å²) in [6.07, 6.45) is 3.15. The van der Waals surface area contributed by atoms with E-state index in [1.54, 1.807) is 86.3 Å². The van der Waals surface area contributed by atoms with E-state index in [1.165, 1.54) is 24.0 Å². The van der Waals surface area contributed by atoms with Crippen LogP contribution in [0, 0.1) is 47.3 Å². The van der Waals surface area contributed by atoms with E-state index >= 15 is 0 Å². The van der Waals surface area contributed by atoms with Crippen molar-refractivity contribution in [1.82, 2.24) is 35.6 Å². The van der Waals surface area contributed by atoms with Gasteiger partial charge < -0.3 is 50.8 Å². The van der Waals surface area contributed by atoms with Crippen molar-refractivity contribution in [2.75, 3.05) is 66.4 Å². The summed E-state index contributed by atoms with van der Waals surface area (Å²) in [7, 11) is 8.26. The van der Waals surface area contributed by atoms with Crippen LogP contribution >= 0.6 is 0 Å². The first-order valence-corrected chi connectivity index (χ1v) is 37.9. The van der Waals surface area contributed by atoms with Gasteiger partial charge in [0.1, 0.15) is 18.4 Å². The molecule has 25 nitrogen and oxygen atoms in total. The van der Waals surface area contributed by atoms with Gasteiger partial charge in [0.15, 0.2) is 11.6 Å². The number of Topliss-reactive ketones (excluding diaryl/α,β-unsaturated/α-hetero) is 3. The highest BCUT2D eigenvalue weighted by Crippen LogP contribution is 2.32. The number of urea groups is 1. The zero-order chi connectivity index (χ0) is 78.6. The fourth-order valence-electron chi connectivity index (χ4n) is 14.7. The molecule has 3 aromatic carbocycles. The predicted octanol–water partition coefficient (Wildman–Crippen LogP) is 9.15. The third-order valence-corrected chi connectivity index (χ3v) is 21.3. The Morgan fingerprint density at radius 1 is 0.698 bits per heavy atom. The molecule has 2 heterocycles. The first-order valence-electron chi connectivity index (χ1n) is 37.9. The Balaban J connectivity index is 1.13. The molecule has 6 N–H and O–H groups in total. The van der Waals surface area contributed by atoms with E-state index in [2.05, 4.69) is 16.0 Å². The zero-order valence-corrected chi connectivity index (χ0v) is 65.4. The number of likely N-dealkylation sites (tertiary alicyclic amines) is 2. The number of carboxylic acids is 1. The Hall–Kier alpha value is -8.42. The fraction of sp³-hybridized carbons (Fsp3) is 0.630. The predicted molar refractivity (Wildman–Crippen MR) is 405 cm³/mol. The maximum Gasteiger partial charge on any atom is 0.414 e. The Morgan fingerprint density at radius 2 is 1.33 bits per heavy atom. The molecule has 3 aromatic rings. The van der Waals surface area contributed by atoms with Gasteiger partial charge in [0, 0.05) is 116 Å². The molecule has 9 amide bonds. The van der Waals surface area contributed by atoms with Gasteiger partial charge in [-0.3, -0.25) is 57.9 Å². The van der Waals surface area contributed by atoms with Gasteiger partial charge >= 0.3 is 18.1 Å². The van der Waals surface area contributed by atoms with Gasteiger partial charge in [0.2, 0.25) is 35.4 Å². The van der Waals surface area contributed by atoms with Crippen LogP contribution in [0.1, 0.15) is 175 Å². The quantitative estimate of drug-likeness (QED) is 0.0260. The molecule has 0 radical (unpaired) electrons. The standard InChI is InChI=1S/C81H121N9O16/c1-16-53(8)73(69(104-14)48-71(95)89-41-24-29-66(89)74(105-15)55(10)75(96)85-65(79(100)101)44-57-25-19-17-20-26-57)88(13)78(99)63(51(4)5)47-68(93)72(52(6)7)86(11)42-38-56-34-36-60(37-35-56)87(12)81(103)106-49-59-32-30-58(31-33-59)45-67(92)64(28-23-39-83-80(82)102)84-76(97)62(50(2)3)46-61(91)27-21-18-22-40-90-70(94)43-54(9)77(90)98/h17,19-20,25-26,30-37,50-55,62-66,69,72-74H,16,18,21-24,27-29,38-49H2,1-15H3,(H,84,97)(H,85,96)(H,100,101)(H3,82,83,102)/t53-,54?,55+,62-,63-,64-,65-,66-,69+,72-,73?,74+/m0/s1. The highest BCUT2D eigenvalue weighted by atomic mass is 16.6. The largest absolute Gasteiger partial charge is 0.480 e. The minimum absolute atomic E-state index is 0.00162. The number of rotatable bonds is 46. The van der Waals surface area contributed by atoms with Crippen molar-refractivity contribution < 1.29 is 76.9 Å². The molecule has 0 spiro atoms. The lowest BCUT2D eigenvalue weighted by atomic mass is 9.83. The molecule has 5 rings (SSSR count). The van der Waals surface area contributed by atoms with Crippen molar-refractivity contribution >= 4 is 76.6 Å². The molecule has 0 saturated carbocycles. The number of carbonyl (C=O) groups is 12. The topological polar surface area (TPSA) is 331 Å². The molecule has 25 heteroatoms. The van der Waals surface area contributed by atoms with Crippen molar-refractivity contribution in [3.63, 3.8) is 0 Å². The van der Waals surface area contributed by atoms with E-state index in [1.807, 2.05) is 97.7 Å². The number of ether oxygens (including phenoxy) is 3. The second-order valence-corrected chi connectivity index (χ2v) is 30.2. The molecule has 586 valence electrons. The molecular formula is C81H121N9O16. The number of nitrogens with one attached hydrogen (secondary N) is 3. The summed E-state index contributed by atoms with van der Waals surface area (Å²) >= 11 is 0. The highest BCUT2D eigenvalue weighted by Gasteiger charge is 2.44. The highest BCUT2D eigenvalue weighted by molar-refractivity contribution is 6.03. The number of nitrogens with zero attached hydrogens (tertiary/aromatic N) is 5. The van der Waals surface area contributed by atoms with Crippen molar-refractivity contribution in [3.8, 4) is 0 Å². The average Bonchev–Trinajstić information content (AvgIpc) is 1.38. The van der Waals surface area contributed by atoms with Crippen LogP contribution < -0.4 is 26.6 Å². The van der Waals surface area contributed by atoms with Crippen LogP contribution in [0.3, 0.4) is 0 Å². The van der Waals surface area contributed by atoms with Crippen LogP contribution in [0.2, 0.25) is 0 Å². The minimum atomic E-state index is -1.17. The molecule has 2 aliphatic rings. The number of carbonyl (C=O) groups excluding carboxylic acids is 11. The number of nitrogens with two attached hydrogens (primary N) is 1. The lowest BCUT2D eigenvalue weighted by Crippen LogP contribution is -2.55. The summed E-state index contributed by atoms with van der Waals surface area (Å²) in [5, 5.41) is 18.2. The van der Waals surface area contributed by atoms with Gasteiger partial charge in [-0.2, -0.15) is 0 Å². The normalized spacial score (nSPS) is 17.4. The van der Waals surface area contributed by atoms with Gasteiger partial charge in [0.25, 0.3) is 0 Å². The number of amides is 9. The number of imide groups is 1. The number of ketones is 3. The minimum Gasteiger partial charge on any atom is -0.480 e. The molecule has 2 aliphatic heterocycles. The second kappa shape index (κ2) is 43.4. The Morgan fingerprint density at radius 3 is 1.91 bits per heavy atom. The monoisotopic (exact) mass is 1480 g/mol. The van der Waals surface area contributed by atoms with E-state index in [0.717, 1.165) is 11.1 Å². The summed E-state index contributed by atoms with van der Waals surface area (Å²) in [4.78, 5) is 168. The average molecular weight is 1480 g/mol. The van der Waals surface area contributed by atoms with Crippen LogP contribution in [-0.4, -0.2) is 200 Å². The van der Waals surface area contributed by atoms with Crippen LogP contribution in [0.25, 0.3) is 0 Å². The Bertz CT molecular complexity index is 3400. The fourth-order valence-corrected chi connectivity index (χ4v) is 14.7. The number of methoxy groups -OCH3 is 2. The third-order valence-electron chi connectivity index (χ3n) is 21.3. The molecular weight excluding hydrogens is 1350 g/mol. The molecule has 2 saturated heterocycles. The van der Waals surface area contributed by atoms with E-state index in [-0.39, 0.29) is 135 Å². The van der Waals surface area contributed by atoms with Crippen LogP contribution in [0.15, 0.2) is 78.9 Å². The number of carboxylic acid groups (broad SMARTS) is 1. The lowest BCUT2D eigenvalue weighted by molar-refractivity contribution is -0.149. The molecule has 0 bridgehead atoms. The summed E-state index contributed by atoms with van der Waals surface area (Å²) in [5.74, 6) is -6.44. The number of unbranched alkanes of at least 4 members (excludes halogenated alkanes) is 2.